The summed E-state index contributed by atoms with van der Waals surface area (Å²) in [5, 5.41) is 4.97. The SMILES string of the molecule is CNC(=O)C(NC(=O)CC1c2ccccc2C=CN1C(C)=O)c1ccc(F)c(F)c1. The Hall–Kier alpha value is -3.55. The largest absolute Gasteiger partial charge is 0.357 e. The Kier molecular flexibility index (Phi) is 6.25. The van der Waals surface area contributed by atoms with Crippen molar-refractivity contribution in [1.82, 2.24) is 15.5 Å². The summed E-state index contributed by atoms with van der Waals surface area (Å²) in [6, 6.07) is 8.62. The molecule has 0 aliphatic carbocycles. The Morgan fingerprint density at radius 2 is 1.83 bits per heavy atom. The second-order valence-electron chi connectivity index (χ2n) is 6.88. The zero-order valence-corrected chi connectivity index (χ0v) is 16.5. The van der Waals surface area contributed by atoms with Crippen LogP contribution in [0.1, 0.15) is 42.1 Å². The first-order chi connectivity index (χ1) is 14.3. The van der Waals surface area contributed by atoms with E-state index in [9.17, 15) is 23.2 Å². The third-order valence-corrected chi connectivity index (χ3v) is 4.94. The molecule has 0 bridgehead atoms. The number of halogens is 2. The van der Waals surface area contributed by atoms with Gasteiger partial charge in [0.25, 0.3) is 0 Å². The van der Waals surface area contributed by atoms with Crippen LogP contribution >= 0.6 is 0 Å². The zero-order chi connectivity index (χ0) is 21.8. The van der Waals surface area contributed by atoms with Crippen LogP contribution in [0.2, 0.25) is 0 Å². The van der Waals surface area contributed by atoms with Crippen molar-refractivity contribution in [3.8, 4) is 0 Å². The first kappa shape index (κ1) is 21.2. The van der Waals surface area contributed by atoms with E-state index in [1.165, 1.54) is 24.9 Å². The number of hydrogen-bond donors (Lipinski definition) is 2. The molecule has 8 heteroatoms. The normalized spacial score (nSPS) is 15.9. The monoisotopic (exact) mass is 413 g/mol. The number of nitrogens with one attached hydrogen (secondary N) is 2. The molecule has 1 aliphatic rings. The van der Waals surface area contributed by atoms with Gasteiger partial charge in [0.05, 0.1) is 12.5 Å². The molecule has 1 heterocycles. The van der Waals surface area contributed by atoms with Crippen LogP contribution in [0, 0.1) is 11.6 Å². The van der Waals surface area contributed by atoms with Crippen molar-refractivity contribution in [2.24, 2.45) is 0 Å². The lowest BCUT2D eigenvalue weighted by Gasteiger charge is -2.32. The van der Waals surface area contributed by atoms with Gasteiger partial charge in [-0.05, 0) is 34.9 Å². The van der Waals surface area contributed by atoms with E-state index >= 15 is 0 Å². The predicted molar refractivity (Wildman–Crippen MR) is 107 cm³/mol. The quantitative estimate of drug-likeness (QED) is 0.791. The standard InChI is InChI=1S/C22H21F2N3O3/c1-13(28)27-10-9-14-5-3-4-6-16(14)19(27)12-20(29)26-21(22(30)25-2)15-7-8-17(23)18(24)11-15/h3-11,19,21H,12H2,1-2H3,(H,25,30)(H,26,29). The highest BCUT2D eigenvalue weighted by Crippen LogP contribution is 2.33. The molecule has 0 saturated carbocycles. The highest BCUT2D eigenvalue weighted by atomic mass is 19.2. The van der Waals surface area contributed by atoms with Crippen LogP contribution in [0.3, 0.4) is 0 Å². The fourth-order valence-electron chi connectivity index (χ4n) is 3.45. The third kappa shape index (κ3) is 4.37. The number of nitrogens with zero attached hydrogens (tertiary/aromatic N) is 1. The van der Waals surface area contributed by atoms with Crippen molar-refractivity contribution < 1.29 is 23.2 Å². The van der Waals surface area contributed by atoms with Crippen molar-refractivity contribution in [1.29, 1.82) is 0 Å². The lowest BCUT2D eigenvalue weighted by molar-refractivity contribution is -0.132. The average molecular weight is 413 g/mol. The summed E-state index contributed by atoms with van der Waals surface area (Å²) in [7, 11) is 1.38. The van der Waals surface area contributed by atoms with Crippen molar-refractivity contribution >= 4 is 23.8 Å². The minimum Gasteiger partial charge on any atom is -0.357 e. The highest BCUT2D eigenvalue weighted by Gasteiger charge is 2.30. The summed E-state index contributed by atoms with van der Waals surface area (Å²) in [6.45, 7) is 1.40. The average Bonchev–Trinajstić information content (AvgIpc) is 2.73. The van der Waals surface area contributed by atoms with Gasteiger partial charge in [0.15, 0.2) is 11.6 Å². The summed E-state index contributed by atoms with van der Waals surface area (Å²) in [5.74, 6) is -3.51. The number of hydrogen-bond acceptors (Lipinski definition) is 3. The Morgan fingerprint density at radius 3 is 2.50 bits per heavy atom. The van der Waals surface area contributed by atoms with Gasteiger partial charge >= 0.3 is 0 Å². The molecule has 0 spiro atoms. The van der Waals surface area contributed by atoms with Gasteiger partial charge in [-0.25, -0.2) is 8.78 Å². The van der Waals surface area contributed by atoms with Gasteiger partial charge in [-0.3, -0.25) is 14.4 Å². The molecule has 2 aromatic rings. The van der Waals surface area contributed by atoms with E-state index in [0.29, 0.717) is 0 Å². The molecule has 2 aromatic carbocycles. The van der Waals surface area contributed by atoms with Crippen molar-refractivity contribution in [2.75, 3.05) is 7.05 Å². The maximum Gasteiger partial charge on any atom is 0.246 e. The fraction of sp³-hybridized carbons (Fsp3) is 0.227. The third-order valence-electron chi connectivity index (χ3n) is 4.94. The van der Waals surface area contributed by atoms with Crippen LogP contribution in [0.5, 0.6) is 0 Å². The van der Waals surface area contributed by atoms with E-state index in [1.54, 1.807) is 12.3 Å². The van der Waals surface area contributed by atoms with Gasteiger partial charge in [0.2, 0.25) is 17.7 Å². The number of likely N-dealkylation sites (N-methyl/N-ethyl adjacent to an activating group) is 1. The van der Waals surface area contributed by atoms with Gasteiger partial charge < -0.3 is 15.5 Å². The first-order valence-electron chi connectivity index (χ1n) is 9.33. The predicted octanol–water partition coefficient (Wildman–Crippen LogP) is 2.83. The van der Waals surface area contributed by atoms with Crippen LogP contribution in [0.25, 0.3) is 6.08 Å². The van der Waals surface area contributed by atoms with Crippen molar-refractivity contribution in [3.05, 3.63) is 77.0 Å². The fourth-order valence-corrected chi connectivity index (χ4v) is 3.45. The van der Waals surface area contributed by atoms with E-state index < -0.39 is 35.5 Å². The van der Waals surface area contributed by atoms with Crippen LogP contribution in [-0.4, -0.2) is 29.7 Å². The molecule has 30 heavy (non-hydrogen) atoms. The Balaban J connectivity index is 1.85. The van der Waals surface area contributed by atoms with E-state index in [4.69, 9.17) is 0 Å². The Morgan fingerprint density at radius 1 is 1.10 bits per heavy atom. The molecule has 0 aromatic heterocycles. The molecule has 1 aliphatic heterocycles. The zero-order valence-electron chi connectivity index (χ0n) is 16.5. The van der Waals surface area contributed by atoms with E-state index in [-0.39, 0.29) is 17.9 Å². The number of amides is 3. The molecule has 3 rings (SSSR count). The molecular weight excluding hydrogens is 392 g/mol. The lowest BCUT2D eigenvalue weighted by atomic mass is 9.93. The Bertz CT molecular complexity index is 1020. The minimum atomic E-state index is -1.21. The van der Waals surface area contributed by atoms with Crippen molar-refractivity contribution in [3.63, 3.8) is 0 Å². The number of carbonyl (C=O) groups excluding carboxylic acids is 3. The number of rotatable bonds is 5. The first-order valence-corrected chi connectivity index (χ1v) is 9.33. The molecule has 0 fully saturated rings. The van der Waals surface area contributed by atoms with Gasteiger partial charge in [0.1, 0.15) is 6.04 Å². The lowest BCUT2D eigenvalue weighted by Crippen LogP contribution is -2.41. The minimum absolute atomic E-state index is 0.106. The van der Waals surface area contributed by atoms with Crippen molar-refractivity contribution in [2.45, 2.75) is 25.4 Å². The summed E-state index contributed by atoms with van der Waals surface area (Å²) < 4.78 is 26.9. The van der Waals surface area contributed by atoms with Crippen LogP contribution < -0.4 is 10.6 Å². The Labute approximate surface area is 172 Å². The molecular formula is C22H21F2N3O3. The molecule has 0 radical (unpaired) electrons. The number of fused-ring (bicyclic) bond motifs is 1. The summed E-state index contributed by atoms with van der Waals surface area (Å²) in [5.41, 5.74) is 1.79. The second-order valence-corrected chi connectivity index (χ2v) is 6.88. The topological polar surface area (TPSA) is 78.5 Å². The number of carbonyl (C=O) groups is 3. The molecule has 2 N–H and O–H groups in total. The summed E-state index contributed by atoms with van der Waals surface area (Å²) >= 11 is 0. The molecule has 2 unspecified atom stereocenters. The highest BCUT2D eigenvalue weighted by molar-refractivity contribution is 5.89. The maximum atomic E-state index is 13.7. The maximum absolute atomic E-state index is 13.7. The van der Waals surface area contributed by atoms with Gasteiger partial charge in [-0.15, -0.1) is 0 Å². The van der Waals surface area contributed by atoms with Crippen LogP contribution in [0.15, 0.2) is 48.7 Å². The summed E-state index contributed by atoms with van der Waals surface area (Å²) in [6.07, 6.45) is 3.30. The molecule has 2 atom stereocenters. The molecule has 6 nitrogen and oxygen atoms in total. The smallest absolute Gasteiger partial charge is 0.246 e. The summed E-state index contributed by atoms with van der Waals surface area (Å²) in [4.78, 5) is 38.6. The van der Waals surface area contributed by atoms with E-state index in [2.05, 4.69) is 10.6 Å². The van der Waals surface area contributed by atoms with Crippen LogP contribution in [0.4, 0.5) is 8.78 Å². The number of benzene rings is 2. The van der Waals surface area contributed by atoms with Gasteiger partial charge in [-0.2, -0.15) is 0 Å². The van der Waals surface area contributed by atoms with E-state index in [0.717, 1.165) is 23.3 Å². The van der Waals surface area contributed by atoms with Gasteiger partial charge in [-0.1, -0.05) is 30.3 Å². The van der Waals surface area contributed by atoms with Gasteiger partial charge in [0, 0.05) is 20.2 Å². The molecule has 3 amide bonds. The molecule has 156 valence electrons. The van der Waals surface area contributed by atoms with Crippen LogP contribution in [-0.2, 0) is 14.4 Å². The second kappa shape index (κ2) is 8.86. The van der Waals surface area contributed by atoms with E-state index in [1.807, 2.05) is 24.3 Å². The molecule has 0 saturated heterocycles.